The molecule has 0 saturated heterocycles. The largest absolute Gasteiger partial charge is 0.493 e. The molecule has 1 amide bonds. The molecule has 192 valence electrons. The highest BCUT2D eigenvalue weighted by Gasteiger charge is 2.27. The van der Waals surface area contributed by atoms with Crippen LogP contribution in [0.2, 0.25) is 0 Å². The average Bonchev–Trinajstić information content (AvgIpc) is 2.85. The molecule has 0 radical (unpaired) electrons. The fraction of sp³-hybridized carbons (Fsp3) is 0.345. The first kappa shape index (κ1) is 27.4. The van der Waals surface area contributed by atoms with Crippen LogP contribution in [0.25, 0.3) is 0 Å². The molecular weight excluding hydrogens is 472 g/mol. The Hall–Kier alpha value is -3.16. The molecule has 2 N–H and O–H groups in total. The SMILES string of the molecule is Cc1ccc(C)c(OCCCC(C)(C)C(=O)Nc2ccc(S(=O)(=O)NCCc3ccccc3)cc2)c1. The summed E-state index contributed by atoms with van der Waals surface area (Å²) in [5.41, 5.74) is 3.27. The first-order valence-electron chi connectivity index (χ1n) is 12.2. The number of rotatable bonds is 12. The van der Waals surface area contributed by atoms with Gasteiger partial charge in [0.1, 0.15) is 5.75 Å². The number of hydrogen-bond donors (Lipinski definition) is 2. The lowest BCUT2D eigenvalue weighted by Gasteiger charge is -2.24. The second-order valence-electron chi connectivity index (χ2n) is 9.72. The molecule has 7 heteroatoms. The van der Waals surface area contributed by atoms with E-state index in [1.165, 1.54) is 12.1 Å². The van der Waals surface area contributed by atoms with Gasteiger partial charge in [-0.3, -0.25) is 4.79 Å². The molecule has 0 saturated carbocycles. The van der Waals surface area contributed by atoms with Crippen LogP contribution >= 0.6 is 0 Å². The Morgan fingerprint density at radius 3 is 2.33 bits per heavy atom. The van der Waals surface area contributed by atoms with Crippen molar-refractivity contribution in [3.8, 4) is 5.75 Å². The molecular formula is C29H36N2O4S. The highest BCUT2D eigenvalue weighted by Crippen LogP contribution is 2.26. The van der Waals surface area contributed by atoms with Gasteiger partial charge in [0.2, 0.25) is 15.9 Å². The van der Waals surface area contributed by atoms with E-state index in [-0.39, 0.29) is 10.8 Å². The van der Waals surface area contributed by atoms with Crippen molar-refractivity contribution in [2.45, 2.75) is 51.9 Å². The molecule has 0 aliphatic heterocycles. The number of amides is 1. The van der Waals surface area contributed by atoms with Crippen LogP contribution < -0.4 is 14.8 Å². The number of anilines is 1. The summed E-state index contributed by atoms with van der Waals surface area (Å²) in [4.78, 5) is 13.0. The average molecular weight is 509 g/mol. The van der Waals surface area contributed by atoms with Crippen molar-refractivity contribution >= 4 is 21.6 Å². The van der Waals surface area contributed by atoms with Gasteiger partial charge >= 0.3 is 0 Å². The van der Waals surface area contributed by atoms with Crippen molar-refractivity contribution in [1.82, 2.24) is 4.72 Å². The standard InChI is InChI=1S/C29H36N2O4S/c1-22-11-12-23(2)27(21-22)35-20-8-18-29(3,4)28(32)31-25-13-15-26(16-14-25)36(33,34)30-19-17-24-9-6-5-7-10-24/h5-7,9-16,21,30H,8,17-20H2,1-4H3,(H,31,32). The first-order valence-corrected chi connectivity index (χ1v) is 13.7. The van der Waals surface area contributed by atoms with E-state index in [0.717, 1.165) is 28.9 Å². The van der Waals surface area contributed by atoms with Crippen LogP contribution in [0, 0.1) is 19.3 Å². The summed E-state index contributed by atoms with van der Waals surface area (Å²) in [7, 11) is -3.62. The van der Waals surface area contributed by atoms with Gasteiger partial charge in [-0.25, -0.2) is 13.1 Å². The molecule has 0 unspecified atom stereocenters. The van der Waals surface area contributed by atoms with E-state index in [0.29, 0.717) is 31.7 Å². The Morgan fingerprint density at radius 2 is 1.64 bits per heavy atom. The number of sulfonamides is 1. The van der Waals surface area contributed by atoms with E-state index in [9.17, 15) is 13.2 Å². The second kappa shape index (κ2) is 12.2. The van der Waals surface area contributed by atoms with Crippen molar-refractivity contribution in [3.63, 3.8) is 0 Å². The third-order valence-corrected chi connectivity index (χ3v) is 7.61. The molecule has 3 aromatic rings. The zero-order valence-electron chi connectivity index (χ0n) is 21.5. The highest BCUT2D eigenvalue weighted by molar-refractivity contribution is 7.89. The molecule has 0 aliphatic rings. The number of aryl methyl sites for hydroxylation is 2. The lowest BCUT2D eigenvalue weighted by Crippen LogP contribution is -2.31. The van der Waals surface area contributed by atoms with Gasteiger partial charge in [-0.1, -0.05) is 56.3 Å². The van der Waals surface area contributed by atoms with E-state index >= 15 is 0 Å². The van der Waals surface area contributed by atoms with Crippen LogP contribution in [-0.2, 0) is 21.2 Å². The minimum absolute atomic E-state index is 0.120. The predicted octanol–water partition coefficient (Wildman–Crippen LogP) is 5.65. The summed E-state index contributed by atoms with van der Waals surface area (Å²) in [5, 5.41) is 2.91. The first-order chi connectivity index (χ1) is 17.1. The van der Waals surface area contributed by atoms with E-state index in [2.05, 4.69) is 16.1 Å². The summed E-state index contributed by atoms with van der Waals surface area (Å²) >= 11 is 0. The molecule has 0 bridgehead atoms. The summed E-state index contributed by atoms with van der Waals surface area (Å²) in [6.45, 7) is 8.69. The van der Waals surface area contributed by atoms with E-state index < -0.39 is 15.4 Å². The maximum Gasteiger partial charge on any atom is 0.240 e. The summed E-state index contributed by atoms with van der Waals surface area (Å²) in [5.74, 6) is 0.757. The number of hydrogen-bond acceptors (Lipinski definition) is 4. The monoisotopic (exact) mass is 508 g/mol. The summed E-state index contributed by atoms with van der Waals surface area (Å²) in [6.07, 6.45) is 2.00. The minimum atomic E-state index is -3.62. The topological polar surface area (TPSA) is 84.5 Å². The Labute approximate surface area is 215 Å². The van der Waals surface area contributed by atoms with Crippen LogP contribution in [-0.4, -0.2) is 27.5 Å². The van der Waals surface area contributed by atoms with E-state index in [1.54, 1.807) is 12.1 Å². The van der Waals surface area contributed by atoms with Gasteiger partial charge < -0.3 is 10.1 Å². The zero-order valence-corrected chi connectivity index (χ0v) is 22.3. The van der Waals surface area contributed by atoms with Crippen LogP contribution in [0.4, 0.5) is 5.69 Å². The molecule has 0 fully saturated rings. The van der Waals surface area contributed by atoms with Crippen molar-refractivity contribution in [2.75, 3.05) is 18.5 Å². The molecule has 36 heavy (non-hydrogen) atoms. The van der Waals surface area contributed by atoms with Gasteiger partial charge in [0, 0.05) is 17.6 Å². The molecule has 3 rings (SSSR count). The predicted molar refractivity (Wildman–Crippen MR) is 145 cm³/mol. The van der Waals surface area contributed by atoms with Gasteiger partial charge in [-0.15, -0.1) is 0 Å². The van der Waals surface area contributed by atoms with E-state index in [1.807, 2.05) is 70.2 Å². The quantitative estimate of drug-likeness (QED) is 0.310. The molecule has 0 aliphatic carbocycles. The molecule has 0 atom stereocenters. The maximum atomic E-state index is 12.9. The molecule has 0 spiro atoms. The van der Waals surface area contributed by atoms with Gasteiger partial charge in [-0.2, -0.15) is 0 Å². The molecule has 0 aromatic heterocycles. The number of ether oxygens (including phenoxy) is 1. The Balaban J connectivity index is 1.47. The molecule has 3 aromatic carbocycles. The van der Waals surface area contributed by atoms with Gasteiger partial charge in [-0.05, 0) is 80.1 Å². The lowest BCUT2D eigenvalue weighted by atomic mass is 9.87. The highest BCUT2D eigenvalue weighted by atomic mass is 32.2. The minimum Gasteiger partial charge on any atom is -0.493 e. The van der Waals surface area contributed by atoms with Crippen LogP contribution in [0.1, 0.15) is 43.4 Å². The van der Waals surface area contributed by atoms with Crippen molar-refractivity contribution < 1.29 is 17.9 Å². The number of nitrogens with one attached hydrogen (secondary N) is 2. The smallest absolute Gasteiger partial charge is 0.240 e. The molecule has 0 heterocycles. The van der Waals surface area contributed by atoms with Crippen molar-refractivity contribution in [1.29, 1.82) is 0 Å². The van der Waals surface area contributed by atoms with Gasteiger partial charge in [0.25, 0.3) is 0 Å². The van der Waals surface area contributed by atoms with E-state index in [4.69, 9.17) is 4.74 Å². The van der Waals surface area contributed by atoms with Crippen LogP contribution in [0.5, 0.6) is 5.75 Å². The number of carbonyl (C=O) groups excluding carboxylic acids is 1. The lowest BCUT2D eigenvalue weighted by molar-refractivity contribution is -0.124. The molecule has 6 nitrogen and oxygen atoms in total. The fourth-order valence-corrected chi connectivity index (χ4v) is 4.78. The Morgan fingerprint density at radius 1 is 0.944 bits per heavy atom. The Bertz CT molecular complexity index is 1250. The normalized spacial score (nSPS) is 11.8. The second-order valence-corrected chi connectivity index (χ2v) is 11.5. The Kier molecular flexibility index (Phi) is 9.29. The third kappa shape index (κ3) is 7.93. The number of benzene rings is 3. The van der Waals surface area contributed by atoms with Gasteiger partial charge in [0.15, 0.2) is 0 Å². The van der Waals surface area contributed by atoms with Crippen LogP contribution in [0.3, 0.4) is 0 Å². The summed E-state index contributed by atoms with van der Waals surface area (Å²) < 4.78 is 33.7. The fourth-order valence-electron chi connectivity index (χ4n) is 3.75. The maximum absolute atomic E-state index is 12.9. The van der Waals surface area contributed by atoms with Crippen LogP contribution in [0.15, 0.2) is 77.7 Å². The third-order valence-electron chi connectivity index (χ3n) is 6.13. The van der Waals surface area contributed by atoms with Crippen molar-refractivity contribution in [3.05, 3.63) is 89.5 Å². The number of carbonyl (C=O) groups is 1. The zero-order chi connectivity index (χ0) is 26.2. The van der Waals surface area contributed by atoms with Crippen molar-refractivity contribution in [2.24, 2.45) is 5.41 Å². The van der Waals surface area contributed by atoms with Gasteiger partial charge in [0.05, 0.1) is 11.5 Å². The summed E-state index contributed by atoms with van der Waals surface area (Å²) in [6, 6.07) is 22.1.